The Labute approximate surface area is 136 Å². The third-order valence-corrected chi connectivity index (χ3v) is 3.51. The van der Waals surface area contributed by atoms with Gasteiger partial charge in [0.25, 0.3) is 0 Å². The van der Waals surface area contributed by atoms with Gasteiger partial charge in [0.05, 0.1) is 6.54 Å². The number of ether oxygens (including phenoxy) is 1. The Hall–Kier alpha value is -2.36. The molecule has 0 spiro atoms. The summed E-state index contributed by atoms with van der Waals surface area (Å²) in [7, 11) is 0. The minimum Gasteiger partial charge on any atom is -0.491 e. The van der Waals surface area contributed by atoms with Gasteiger partial charge in [0, 0.05) is 12.6 Å². The fourth-order valence-electron chi connectivity index (χ4n) is 2.52. The van der Waals surface area contributed by atoms with Crippen LogP contribution in [-0.2, 0) is 11.3 Å². The lowest BCUT2D eigenvalue weighted by atomic mass is 10.1. The lowest BCUT2D eigenvalue weighted by Crippen LogP contribution is -2.27. The molecule has 0 aliphatic rings. The summed E-state index contributed by atoms with van der Waals surface area (Å²) in [4.78, 5) is 13.8. The van der Waals surface area contributed by atoms with Crippen LogP contribution in [0.1, 0.15) is 23.6 Å². The first-order chi connectivity index (χ1) is 11.0. The van der Waals surface area contributed by atoms with Crippen molar-refractivity contribution < 1.29 is 13.9 Å². The molecular formula is C19H22FNO2. The molecule has 0 aliphatic carbocycles. The van der Waals surface area contributed by atoms with E-state index in [1.807, 2.05) is 38.1 Å². The van der Waals surface area contributed by atoms with E-state index in [0.29, 0.717) is 12.3 Å². The first kappa shape index (κ1) is 17.0. The molecule has 23 heavy (non-hydrogen) atoms. The minimum absolute atomic E-state index is 0.00671. The Bertz CT molecular complexity index is 647. The zero-order valence-electron chi connectivity index (χ0n) is 13.8. The van der Waals surface area contributed by atoms with Gasteiger partial charge in [-0.1, -0.05) is 18.2 Å². The van der Waals surface area contributed by atoms with E-state index < -0.39 is 6.67 Å². The number of rotatable bonds is 6. The number of aryl methyl sites for hydroxylation is 2. The van der Waals surface area contributed by atoms with E-state index in [1.54, 1.807) is 24.0 Å². The van der Waals surface area contributed by atoms with E-state index in [0.717, 1.165) is 22.4 Å². The molecule has 0 aromatic heterocycles. The summed E-state index contributed by atoms with van der Waals surface area (Å²) in [6, 6.07) is 13.5. The first-order valence-corrected chi connectivity index (χ1v) is 7.63. The molecular weight excluding hydrogens is 293 g/mol. The average Bonchev–Trinajstić information content (AvgIpc) is 2.50. The Morgan fingerprint density at radius 3 is 2.22 bits per heavy atom. The molecule has 2 aromatic carbocycles. The van der Waals surface area contributed by atoms with Crippen LogP contribution in [0.4, 0.5) is 10.1 Å². The van der Waals surface area contributed by atoms with Gasteiger partial charge >= 0.3 is 0 Å². The monoisotopic (exact) mass is 315 g/mol. The van der Waals surface area contributed by atoms with Crippen LogP contribution in [0.15, 0.2) is 42.5 Å². The van der Waals surface area contributed by atoms with Crippen LogP contribution in [0.3, 0.4) is 0 Å². The van der Waals surface area contributed by atoms with Crippen LogP contribution >= 0.6 is 0 Å². The number of anilines is 1. The van der Waals surface area contributed by atoms with Gasteiger partial charge in [-0.2, -0.15) is 0 Å². The summed E-state index contributed by atoms with van der Waals surface area (Å²) in [5.74, 6) is 0.625. The van der Waals surface area contributed by atoms with Crippen molar-refractivity contribution in [3.05, 3.63) is 59.2 Å². The first-order valence-electron chi connectivity index (χ1n) is 7.63. The molecule has 4 heteroatoms. The maximum atomic E-state index is 12.1. The van der Waals surface area contributed by atoms with E-state index in [-0.39, 0.29) is 12.5 Å². The highest BCUT2D eigenvalue weighted by Crippen LogP contribution is 2.22. The molecule has 0 saturated carbocycles. The summed E-state index contributed by atoms with van der Waals surface area (Å²) >= 11 is 0. The summed E-state index contributed by atoms with van der Waals surface area (Å²) in [5.41, 5.74) is 4.14. The van der Waals surface area contributed by atoms with Gasteiger partial charge in [0.2, 0.25) is 5.91 Å². The molecule has 1 amide bonds. The SMILES string of the molecule is CC(=O)N(Cc1ccc(OCCF)cc1)c1cc(C)cc(C)c1. The van der Waals surface area contributed by atoms with Crippen LogP contribution in [0.5, 0.6) is 5.75 Å². The van der Waals surface area contributed by atoms with E-state index in [1.165, 1.54) is 0 Å². The van der Waals surface area contributed by atoms with Crippen LogP contribution in [-0.4, -0.2) is 19.2 Å². The highest BCUT2D eigenvalue weighted by Gasteiger charge is 2.13. The normalized spacial score (nSPS) is 10.4. The molecule has 0 atom stereocenters. The highest BCUT2D eigenvalue weighted by atomic mass is 19.1. The number of carbonyl (C=O) groups excluding carboxylic acids is 1. The van der Waals surface area contributed by atoms with Crippen LogP contribution < -0.4 is 9.64 Å². The van der Waals surface area contributed by atoms with Crippen molar-refractivity contribution in [3.8, 4) is 5.75 Å². The van der Waals surface area contributed by atoms with Gasteiger partial charge in [0.1, 0.15) is 19.0 Å². The summed E-state index contributed by atoms with van der Waals surface area (Å²) in [6.45, 7) is 5.64. The van der Waals surface area contributed by atoms with Gasteiger partial charge in [-0.25, -0.2) is 4.39 Å². The van der Waals surface area contributed by atoms with Crippen LogP contribution in [0.25, 0.3) is 0 Å². The Kier molecular flexibility index (Phi) is 5.74. The molecule has 0 saturated heterocycles. The number of hydrogen-bond donors (Lipinski definition) is 0. The van der Waals surface area contributed by atoms with E-state index in [4.69, 9.17) is 4.74 Å². The third kappa shape index (κ3) is 4.81. The van der Waals surface area contributed by atoms with Crippen molar-refractivity contribution in [2.45, 2.75) is 27.3 Å². The van der Waals surface area contributed by atoms with E-state index in [2.05, 4.69) is 6.07 Å². The van der Waals surface area contributed by atoms with Crippen molar-refractivity contribution in [2.24, 2.45) is 0 Å². The minimum atomic E-state index is -0.507. The maximum Gasteiger partial charge on any atom is 0.224 e. The van der Waals surface area contributed by atoms with Crippen LogP contribution in [0.2, 0.25) is 0 Å². The highest BCUT2D eigenvalue weighted by molar-refractivity contribution is 5.91. The van der Waals surface area contributed by atoms with Crippen molar-refractivity contribution in [1.82, 2.24) is 0 Å². The second-order valence-electron chi connectivity index (χ2n) is 5.63. The fourth-order valence-corrected chi connectivity index (χ4v) is 2.52. The zero-order valence-corrected chi connectivity index (χ0v) is 13.8. The third-order valence-electron chi connectivity index (χ3n) is 3.51. The number of alkyl halides is 1. The molecule has 0 fully saturated rings. The molecule has 0 heterocycles. The van der Waals surface area contributed by atoms with Crippen molar-refractivity contribution in [3.63, 3.8) is 0 Å². The number of amides is 1. The summed E-state index contributed by atoms with van der Waals surface area (Å²) in [5, 5.41) is 0. The zero-order chi connectivity index (χ0) is 16.8. The smallest absolute Gasteiger partial charge is 0.224 e. The second kappa shape index (κ2) is 7.77. The van der Waals surface area contributed by atoms with Gasteiger partial charge in [-0.15, -0.1) is 0 Å². The van der Waals surface area contributed by atoms with Crippen molar-refractivity contribution >= 4 is 11.6 Å². The average molecular weight is 315 g/mol. The van der Waals surface area contributed by atoms with E-state index >= 15 is 0 Å². The predicted octanol–water partition coefficient (Wildman–Crippen LogP) is 4.20. The van der Waals surface area contributed by atoms with Crippen LogP contribution in [0, 0.1) is 13.8 Å². The molecule has 3 nitrogen and oxygen atoms in total. The summed E-state index contributed by atoms with van der Waals surface area (Å²) < 4.78 is 17.3. The number of nitrogens with zero attached hydrogens (tertiary/aromatic N) is 1. The number of hydrogen-bond acceptors (Lipinski definition) is 2. The predicted molar refractivity (Wildman–Crippen MR) is 90.7 cm³/mol. The standard InChI is InChI=1S/C19H22FNO2/c1-14-10-15(2)12-18(11-14)21(16(3)22)13-17-4-6-19(7-5-17)23-9-8-20/h4-7,10-12H,8-9,13H2,1-3H3. The quantitative estimate of drug-likeness (QED) is 0.799. The molecule has 2 rings (SSSR count). The maximum absolute atomic E-state index is 12.1. The van der Waals surface area contributed by atoms with E-state index in [9.17, 15) is 9.18 Å². The second-order valence-corrected chi connectivity index (χ2v) is 5.63. The molecule has 0 bridgehead atoms. The molecule has 0 unspecified atom stereocenters. The van der Waals surface area contributed by atoms with Gasteiger partial charge < -0.3 is 9.64 Å². The number of halogens is 1. The summed E-state index contributed by atoms with van der Waals surface area (Å²) in [6.07, 6.45) is 0. The fraction of sp³-hybridized carbons (Fsp3) is 0.316. The van der Waals surface area contributed by atoms with Gasteiger partial charge in [0.15, 0.2) is 0 Å². The van der Waals surface area contributed by atoms with Gasteiger partial charge in [-0.3, -0.25) is 4.79 Å². The number of carbonyl (C=O) groups is 1. The Morgan fingerprint density at radius 1 is 1.09 bits per heavy atom. The molecule has 2 aromatic rings. The Morgan fingerprint density at radius 2 is 1.70 bits per heavy atom. The van der Waals surface area contributed by atoms with Gasteiger partial charge in [-0.05, 0) is 54.8 Å². The number of benzene rings is 2. The van der Waals surface area contributed by atoms with Crippen molar-refractivity contribution in [1.29, 1.82) is 0 Å². The lowest BCUT2D eigenvalue weighted by molar-refractivity contribution is -0.116. The molecule has 122 valence electrons. The molecule has 0 radical (unpaired) electrons. The topological polar surface area (TPSA) is 29.5 Å². The van der Waals surface area contributed by atoms with Crippen molar-refractivity contribution in [2.75, 3.05) is 18.2 Å². The molecule has 0 N–H and O–H groups in total. The lowest BCUT2D eigenvalue weighted by Gasteiger charge is -2.22. The Balaban J connectivity index is 2.17. The largest absolute Gasteiger partial charge is 0.491 e. The molecule has 0 aliphatic heterocycles.